The maximum atomic E-state index is 11.6. The molecule has 0 radical (unpaired) electrons. The summed E-state index contributed by atoms with van der Waals surface area (Å²) in [5, 5.41) is 5.34. The highest BCUT2D eigenvalue weighted by Gasteiger charge is 2.29. The van der Waals surface area contributed by atoms with Crippen LogP contribution >= 0.6 is 0 Å². The Labute approximate surface area is 198 Å². The van der Waals surface area contributed by atoms with Crippen LogP contribution in [0.25, 0.3) is 11.4 Å². The number of morpholine rings is 1. The summed E-state index contributed by atoms with van der Waals surface area (Å²) < 4.78 is 5.67. The molecule has 34 heavy (non-hydrogen) atoms. The van der Waals surface area contributed by atoms with Crippen LogP contribution in [-0.2, 0) is 17.7 Å². The smallest absolute Gasteiger partial charge is 0.318 e. The number of nitrogens with one attached hydrogen (secondary N) is 2. The van der Waals surface area contributed by atoms with Gasteiger partial charge in [-0.05, 0) is 43.7 Å². The van der Waals surface area contributed by atoms with E-state index in [9.17, 15) is 4.79 Å². The molecule has 2 aliphatic heterocycles. The molecular formula is C24H28N8O2. The van der Waals surface area contributed by atoms with Gasteiger partial charge in [-0.1, -0.05) is 0 Å². The van der Waals surface area contributed by atoms with Crippen LogP contribution in [0.15, 0.2) is 42.9 Å². The lowest BCUT2D eigenvalue weighted by Gasteiger charge is -2.38. The van der Waals surface area contributed by atoms with Gasteiger partial charge in [0.25, 0.3) is 0 Å². The van der Waals surface area contributed by atoms with Crippen LogP contribution in [0.1, 0.15) is 18.2 Å². The lowest BCUT2D eigenvalue weighted by atomic mass is 10.0. The fraction of sp³-hybridized carbons (Fsp3) is 0.375. The molecule has 2 N–H and O–H groups in total. The molecule has 10 heteroatoms. The molecule has 2 aliphatic rings. The van der Waals surface area contributed by atoms with Crippen molar-refractivity contribution in [2.24, 2.45) is 0 Å². The molecule has 0 spiro atoms. The second-order valence-electron chi connectivity index (χ2n) is 8.43. The Morgan fingerprint density at radius 3 is 2.74 bits per heavy atom. The normalized spacial score (nSPS) is 17.8. The van der Waals surface area contributed by atoms with Crippen LogP contribution in [0.2, 0.25) is 0 Å². The monoisotopic (exact) mass is 460 g/mol. The van der Waals surface area contributed by atoms with Crippen molar-refractivity contribution in [3.8, 4) is 11.4 Å². The number of aromatic nitrogens is 4. The molecule has 2 amide bonds. The van der Waals surface area contributed by atoms with Crippen LogP contribution in [0, 0.1) is 0 Å². The van der Waals surface area contributed by atoms with Gasteiger partial charge in [0.1, 0.15) is 18.0 Å². The predicted octanol–water partition coefficient (Wildman–Crippen LogP) is 2.47. The topological polar surface area (TPSA) is 108 Å². The van der Waals surface area contributed by atoms with Crippen molar-refractivity contribution >= 4 is 23.4 Å². The number of benzene rings is 1. The highest BCUT2D eigenvalue weighted by atomic mass is 16.5. The minimum absolute atomic E-state index is 0.236. The van der Waals surface area contributed by atoms with Crippen LogP contribution < -0.4 is 20.4 Å². The number of nitrogens with zero attached hydrogens (tertiary/aromatic N) is 6. The molecule has 4 heterocycles. The van der Waals surface area contributed by atoms with Crippen molar-refractivity contribution in [1.29, 1.82) is 0 Å². The predicted molar refractivity (Wildman–Crippen MR) is 130 cm³/mol. The third-order valence-corrected chi connectivity index (χ3v) is 6.20. The van der Waals surface area contributed by atoms with E-state index in [2.05, 4.69) is 37.3 Å². The van der Waals surface area contributed by atoms with Gasteiger partial charge in [0.2, 0.25) is 0 Å². The first-order valence-electron chi connectivity index (χ1n) is 11.5. The van der Waals surface area contributed by atoms with E-state index in [0.717, 1.165) is 42.4 Å². The molecule has 3 aromatic rings. The Morgan fingerprint density at radius 2 is 2.00 bits per heavy atom. The van der Waals surface area contributed by atoms with Gasteiger partial charge in [-0.25, -0.2) is 24.7 Å². The van der Waals surface area contributed by atoms with Crippen molar-refractivity contribution in [3.63, 3.8) is 0 Å². The summed E-state index contributed by atoms with van der Waals surface area (Å²) >= 11 is 0. The fourth-order valence-electron chi connectivity index (χ4n) is 4.38. The number of amides is 2. The van der Waals surface area contributed by atoms with Crippen molar-refractivity contribution in [3.05, 3.63) is 54.1 Å². The second-order valence-corrected chi connectivity index (χ2v) is 8.43. The minimum Gasteiger partial charge on any atom is -0.377 e. The van der Waals surface area contributed by atoms with Gasteiger partial charge in [-0.2, -0.15) is 0 Å². The molecule has 176 valence electrons. The Hall–Kier alpha value is -3.79. The van der Waals surface area contributed by atoms with E-state index < -0.39 is 0 Å². The molecule has 10 nitrogen and oxygen atoms in total. The molecular weight excluding hydrogens is 432 g/mol. The number of carbonyl (C=O) groups is 1. The standard InChI is InChI=1S/C24H28N8O2/c1-16-14-34-12-11-32(16)23-19-8-10-31(21-7-9-26-15-27-21)13-20(19)29-22(30-23)17-3-5-18(6-4-17)28-24(33)25-2/h3-7,9,15-16H,8,10-14H2,1-2H3,(H2,25,28,33)/t16-/m0/s1. The number of hydrogen-bond acceptors (Lipinski definition) is 8. The van der Waals surface area contributed by atoms with E-state index in [1.165, 1.54) is 5.56 Å². The largest absolute Gasteiger partial charge is 0.377 e. The van der Waals surface area contributed by atoms with E-state index in [1.54, 1.807) is 19.6 Å². The quantitative estimate of drug-likeness (QED) is 0.611. The number of urea groups is 1. The van der Waals surface area contributed by atoms with Gasteiger partial charge in [-0.15, -0.1) is 0 Å². The zero-order valence-electron chi connectivity index (χ0n) is 19.4. The molecule has 0 unspecified atom stereocenters. The summed E-state index contributed by atoms with van der Waals surface area (Å²) in [7, 11) is 1.59. The maximum absolute atomic E-state index is 11.6. The number of anilines is 3. The number of carbonyl (C=O) groups excluding carboxylic acids is 1. The summed E-state index contributed by atoms with van der Waals surface area (Å²) in [6, 6.07) is 9.49. The second kappa shape index (κ2) is 9.60. The molecule has 5 rings (SSSR count). The molecule has 0 saturated carbocycles. The van der Waals surface area contributed by atoms with E-state index in [1.807, 2.05) is 30.3 Å². The minimum atomic E-state index is -0.258. The van der Waals surface area contributed by atoms with Crippen LogP contribution in [0.4, 0.5) is 22.1 Å². The zero-order valence-corrected chi connectivity index (χ0v) is 19.4. The van der Waals surface area contributed by atoms with Gasteiger partial charge in [-0.3, -0.25) is 0 Å². The van der Waals surface area contributed by atoms with E-state index in [0.29, 0.717) is 31.3 Å². The number of rotatable bonds is 4. The first-order valence-corrected chi connectivity index (χ1v) is 11.5. The van der Waals surface area contributed by atoms with E-state index in [4.69, 9.17) is 14.7 Å². The van der Waals surface area contributed by atoms with Gasteiger partial charge >= 0.3 is 6.03 Å². The van der Waals surface area contributed by atoms with Crippen LogP contribution in [0.3, 0.4) is 0 Å². The third kappa shape index (κ3) is 4.49. The fourth-order valence-corrected chi connectivity index (χ4v) is 4.38. The lowest BCUT2D eigenvalue weighted by Crippen LogP contribution is -2.45. The number of ether oxygens (including phenoxy) is 1. The van der Waals surface area contributed by atoms with Gasteiger partial charge < -0.3 is 25.2 Å². The Balaban J connectivity index is 1.52. The van der Waals surface area contributed by atoms with Crippen molar-refractivity contribution in [1.82, 2.24) is 25.3 Å². The molecule has 0 bridgehead atoms. The van der Waals surface area contributed by atoms with Crippen LogP contribution in [-0.4, -0.2) is 65.4 Å². The van der Waals surface area contributed by atoms with Gasteiger partial charge in [0.15, 0.2) is 5.82 Å². The van der Waals surface area contributed by atoms with Crippen molar-refractivity contribution in [2.75, 3.05) is 48.5 Å². The zero-order chi connectivity index (χ0) is 23.5. The summed E-state index contributed by atoms with van der Waals surface area (Å²) in [4.78, 5) is 34.7. The summed E-state index contributed by atoms with van der Waals surface area (Å²) in [6.07, 6.45) is 4.18. The van der Waals surface area contributed by atoms with E-state index >= 15 is 0 Å². The van der Waals surface area contributed by atoms with Gasteiger partial charge in [0, 0.05) is 43.1 Å². The number of fused-ring (bicyclic) bond motifs is 1. The molecule has 1 atom stereocenters. The third-order valence-electron chi connectivity index (χ3n) is 6.20. The SMILES string of the molecule is CNC(=O)Nc1ccc(-c2nc3c(c(N4CCOC[C@@H]4C)n2)CCN(c2ccncn2)C3)cc1. The first kappa shape index (κ1) is 22.0. The average Bonchev–Trinajstić information content (AvgIpc) is 2.89. The van der Waals surface area contributed by atoms with Crippen molar-refractivity contribution in [2.45, 2.75) is 25.9 Å². The lowest BCUT2D eigenvalue weighted by molar-refractivity contribution is 0.0984. The Kier molecular flexibility index (Phi) is 6.22. The first-order chi connectivity index (χ1) is 16.6. The van der Waals surface area contributed by atoms with E-state index in [-0.39, 0.29) is 12.1 Å². The van der Waals surface area contributed by atoms with Crippen molar-refractivity contribution < 1.29 is 9.53 Å². The summed E-state index contributed by atoms with van der Waals surface area (Å²) in [5.74, 6) is 2.56. The highest BCUT2D eigenvalue weighted by Crippen LogP contribution is 2.32. The molecule has 1 aromatic carbocycles. The van der Waals surface area contributed by atoms with Gasteiger partial charge in [0.05, 0.1) is 31.5 Å². The molecule has 0 aliphatic carbocycles. The maximum Gasteiger partial charge on any atom is 0.318 e. The molecule has 1 saturated heterocycles. The Morgan fingerprint density at radius 1 is 1.15 bits per heavy atom. The molecule has 2 aromatic heterocycles. The average molecular weight is 461 g/mol. The Bertz CT molecular complexity index is 1160. The summed E-state index contributed by atoms with van der Waals surface area (Å²) in [6.45, 7) is 5.84. The molecule has 1 fully saturated rings. The highest BCUT2D eigenvalue weighted by molar-refractivity contribution is 5.89. The number of hydrogen-bond donors (Lipinski definition) is 2. The van der Waals surface area contributed by atoms with Crippen LogP contribution in [0.5, 0.6) is 0 Å². The summed E-state index contributed by atoms with van der Waals surface area (Å²) in [5.41, 5.74) is 3.81.